The van der Waals surface area contributed by atoms with Crippen LogP contribution < -0.4 is 5.32 Å². The summed E-state index contributed by atoms with van der Waals surface area (Å²) in [6.45, 7) is 18.6. The van der Waals surface area contributed by atoms with Crippen molar-refractivity contribution in [2.45, 2.75) is 111 Å². The maximum atomic E-state index is 10.8. The molecule has 1 unspecified atom stereocenters. The first-order valence-electron chi connectivity index (χ1n) is 17.4. The number of fused-ring (bicyclic) bond motifs is 7. The molecule has 5 aliphatic rings. The van der Waals surface area contributed by atoms with Gasteiger partial charge in [0.2, 0.25) is 0 Å². The van der Waals surface area contributed by atoms with E-state index in [9.17, 15) is 20.4 Å². The number of phenols is 2. The number of nitrogens with one attached hydrogen (secondary N) is 1. The Balaban J connectivity index is 1.22. The van der Waals surface area contributed by atoms with Gasteiger partial charge in [-0.05, 0) is 157 Å². The number of rotatable bonds is 7. The molecule has 1 aromatic rings. The Hall–Kier alpha value is -1.56. The van der Waals surface area contributed by atoms with Crippen molar-refractivity contribution in [3.63, 3.8) is 0 Å². The van der Waals surface area contributed by atoms with Gasteiger partial charge in [0.25, 0.3) is 0 Å². The average Bonchev–Trinajstić information content (AvgIpc) is 3.36. The smallest absolute Gasteiger partial charge is 0.157 e. The zero-order valence-electron chi connectivity index (χ0n) is 27.6. The van der Waals surface area contributed by atoms with Crippen LogP contribution in [-0.2, 0) is 6.42 Å². The largest absolute Gasteiger partial charge is 0.504 e. The van der Waals surface area contributed by atoms with Crippen molar-refractivity contribution in [2.75, 3.05) is 19.8 Å². The van der Waals surface area contributed by atoms with Crippen LogP contribution in [0.15, 0.2) is 30.4 Å². The first-order valence-corrected chi connectivity index (χ1v) is 17.4. The third kappa shape index (κ3) is 4.48. The number of benzene rings is 1. The van der Waals surface area contributed by atoms with Crippen molar-refractivity contribution in [3.8, 4) is 11.5 Å². The standard InChI is InChI=1S/C38H59NO4/c1-24(22-40)26-11-17-38(23-41)19-18-36(5)27(33(26)38)8-10-31-35(4)15-13-32(34(2,3)30(35)12-16-37(31,36)6)39-20-14-25-7-9-28(42)29(43)21-25/h7,9,21,26-27,30-33,39-43H,1,8,10-20,22-23H2,2-6H3/t26-,27+,30-,31+,32?,33+,35-,36+,37+,38+/m0/s1. The second-order valence-electron chi connectivity index (χ2n) is 17.1. The van der Waals surface area contributed by atoms with Gasteiger partial charge < -0.3 is 25.7 Å². The lowest BCUT2D eigenvalue weighted by Crippen LogP contribution is -2.67. The first kappa shape index (κ1) is 31.4. The Labute approximate surface area is 260 Å². The minimum Gasteiger partial charge on any atom is -0.504 e. The Morgan fingerprint density at radius 1 is 0.837 bits per heavy atom. The molecule has 0 aromatic heterocycles. The summed E-state index contributed by atoms with van der Waals surface area (Å²) in [5.41, 5.74) is 3.11. The van der Waals surface area contributed by atoms with E-state index in [0.29, 0.717) is 41.0 Å². The van der Waals surface area contributed by atoms with Crippen LogP contribution in [0.3, 0.4) is 0 Å². The molecule has 0 saturated heterocycles. The van der Waals surface area contributed by atoms with Crippen LogP contribution in [0.25, 0.3) is 0 Å². The summed E-state index contributed by atoms with van der Waals surface area (Å²) in [7, 11) is 0. The van der Waals surface area contributed by atoms with Crippen molar-refractivity contribution < 1.29 is 20.4 Å². The molecule has 5 nitrogen and oxygen atoms in total. The molecule has 0 bridgehead atoms. The van der Waals surface area contributed by atoms with E-state index in [1.165, 1.54) is 44.9 Å². The van der Waals surface area contributed by atoms with Gasteiger partial charge in [-0.15, -0.1) is 0 Å². The highest BCUT2D eigenvalue weighted by Crippen LogP contribution is 2.77. The van der Waals surface area contributed by atoms with Crippen molar-refractivity contribution >= 4 is 0 Å². The predicted molar refractivity (Wildman–Crippen MR) is 173 cm³/mol. The fourth-order valence-electron chi connectivity index (χ4n) is 13.1. The minimum atomic E-state index is -0.0591. The molecule has 0 radical (unpaired) electrons. The Morgan fingerprint density at radius 2 is 1.60 bits per heavy atom. The molecule has 0 amide bonds. The molecule has 43 heavy (non-hydrogen) atoms. The number of aromatic hydroxyl groups is 2. The third-order valence-corrected chi connectivity index (χ3v) is 15.5. The Morgan fingerprint density at radius 3 is 2.30 bits per heavy atom. The quantitative estimate of drug-likeness (QED) is 0.170. The second-order valence-corrected chi connectivity index (χ2v) is 17.1. The molecule has 6 rings (SSSR count). The predicted octanol–water partition coefficient (Wildman–Crippen LogP) is 7.22. The van der Waals surface area contributed by atoms with Gasteiger partial charge in [0.15, 0.2) is 11.5 Å². The fourth-order valence-corrected chi connectivity index (χ4v) is 13.1. The zero-order valence-corrected chi connectivity index (χ0v) is 27.6. The average molecular weight is 594 g/mol. The summed E-state index contributed by atoms with van der Waals surface area (Å²) < 4.78 is 0. The molecule has 0 heterocycles. The van der Waals surface area contributed by atoms with Crippen molar-refractivity contribution in [1.29, 1.82) is 0 Å². The highest BCUT2D eigenvalue weighted by Gasteiger charge is 2.70. The summed E-state index contributed by atoms with van der Waals surface area (Å²) in [5, 5.41) is 44.5. The van der Waals surface area contributed by atoms with Crippen LogP contribution in [0.1, 0.15) is 104 Å². The highest BCUT2D eigenvalue weighted by molar-refractivity contribution is 5.40. The lowest BCUT2D eigenvalue weighted by Gasteiger charge is -2.73. The van der Waals surface area contributed by atoms with Crippen LogP contribution in [0, 0.1) is 56.7 Å². The lowest BCUT2D eigenvalue weighted by atomic mass is 9.32. The van der Waals surface area contributed by atoms with E-state index >= 15 is 0 Å². The molecule has 10 atom stereocenters. The highest BCUT2D eigenvalue weighted by atomic mass is 16.3. The molecule has 5 aliphatic carbocycles. The van der Waals surface area contributed by atoms with Crippen LogP contribution in [0.5, 0.6) is 11.5 Å². The van der Waals surface area contributed by atoms with Crippen LogP contribution in [0.2, 0.25) is 0 Å². The summed E-state index contributed by atoms with van der Waals surface area (Å²) in [6.07, 6.45) is 12.9. The molecule has 240 valence electrons. The summed E-state index contributed by atoms with van der Waals surface area (Å²) in [5.74, 6) is 2.68. The van der Waals surface area contributed by atoms with E-state index in [2.05, 4.69) is 46.5 Å². The minimum absolute atomic E-state index is 0.0157. The lowest BCUT2D eigenvalue weighted by molar-refractivity contribution is -0.241. The van der Waals surface area contributed by atoms with Crippen molar-refractivity contribution in [3.05, 3.63) is 35.9 Å². The summed E-state index contributed by atoms with van der Waals surface area (Å²) in [6, 6.07) is 5.64. The number of hydrogen-bond acceptors (Lipinski definition) is 5. The van der Waals surface area contributed by atoms with E-state index in [4.69, 9.17) is 0 Å². The van der Waals surface area contributed by atoms with Gasteiger partial charge in [-0.3, -0.25) is 0 Å². The molecule has 0 spiro atoms. The fraction of sp³-hybridized carbons (Fsp3) is 0.789. The van der Waals surface area contributed by atoms with Crippen LogP contribution >= 0.6 is 0 Å². The molecule has 5 fully saturated rings. The van der Waals surface area contributed by atoms with Crippen LogP contribution in [-0.4, -0.2) is 46.2 Å². The van der Waals surface area contributed by atoms with E-state index < -0.39 is 0 Å². The SMILES string of the molecule is C=C(CO)[C@@H]1CC[C@]2(CO)CC[C@]3(C)[C@H](CC[C@@H]4[C@@]5(C)CCC(NCCc6ccc(O)c(O)c6)C(C)(C)[C@@H]5CC[C@]43C)[C@@H]12. The van der Waals surface area contributed by atoms with E-state index in [1.54, 1.807) is 12.1 Å². The summed E-state index contributed by atoms with van der Waals surface area (Å²) >= 11 is 0. The Kier molecular flexibility index (Phi) is 7.87. The second kappa shape index (κ2) is 10.8. The van der Waals surface area contributed by atoms with Crippen molar-refractivity contribution in [1.82, 2.24) is 5.32 Å². The van der Waals surface area contributed by atoms with Crippen molar-refractivity contribution in [2.24, 2.45) is 56.7 Å². The van der Waals surface area contributed by atoms with Gasteiger partial charge in [-0.25, -0.2) is 0 Å². The van der Waals surface area contributed by atoms with Gasteiger partial charge in [0.1, 0.15) is 0 Å². The topological polar surface area (TPSA) is 93.0 Å². The summed E-state index contributed by atoms with van der Waals surface area (Å²) in [4.78, 5) is 0. The number of hydrogen-bond donors (Lipinski definition) is 5. The molecular weight excluding hydrogens is 534 g/mol. The van der Waals surface area contributed by atoms with E-state index in [0.717, 1.165) is 43.4 Å². The Bertz CT molecular complexity index is 1230. The maximum Gasteiger partial charge on any atom is 0.157 e. The normalized spacial score (nSPS) is 45.0. The van der Waals surface area contributed by atoms with Gasteiger partial charge in [-0.1, -0.05) is 47.3 Å². The molecule has 5 heteroatoms. The monoisotopic (exact) mass is 593 g/mol. The number of aliphatic hydroxyl groups is 2. The van der Waals surface area contributed by atoms with E-state index in [1.807, 2.05) is 6.07 Å². The molecular formula is C38H59NO4. The van der Waals surface area contributed by atoms with Gasteiger partial charge in [0, 0.05) is 12.6 Å². The third-order valence-electron chi connectivity index (χ3n) is 15.5. The number of aliphatic hydroxyl groups excluding tert-OH is 2. The first-order chi connectivity index (χ1) is 20.3. The molecule has 1 aromatic carbocycles. The van der Waals surface area contributed by atoms with Gasteiger partial charge in [-0.2, -0.15) is 0 Å². The van der Waals surface area contributed by atoms with Gasteiger partial charge >= 0.3 is 0 Å². The maximum absolute atomic E-state index is 10.8. The number of phenolic OH excluding ortho intramolecular Hbond substituents is 2. The van der Waals surface area contributed by atoms with Crippen LogP contribution in [0.4, 0.5) is 0 Å². The van der Waals surface area contributed by atoms with Gasteiger partial charge in [0.05, 0.1) is 6.61 Å². The molecule has 5 saturated carbocycles. The molecule has 5 N–H and O–H groups in total. The van der Waals surface area contributed by atoms with E-state index in [-0.39, 0.29) is 46.4 Å². The zero-order chi connectivity index (χ0) is 31.0. The molecule has 0 aliphatic heterocycles.